The number of rotatable bonds is 3. The number of hydrogen-bond acceptors (Lipinski definition) is 3. The molecule has 0 amide bonds. The highest BCUT2D eigenvalue weighted by atomic mass is 19.4. The second kappa shape index (κ2) is 5.09. The first-order valence-corrected chi connectivity index (χ1v) is 6.79. The Morgan fingerprint density at radius 3 is 2.14 bits per heavy atom. The van der Waals surface area contributed by atoms with Crippen LogP contribution in [0.15, 0.2) is 24.3 Å². The highest BCUT2D eigenvalue weighted by Crippen LogP contribution is 2.39. The zero-order valence-corrected chi connectivity index (χ0v) is 12.5. The Bertz CT molecular complexity index is 495. The minimum atomic E-state index is -4.67. The lowest BCUT2D eigenvalue weighted by Crippen LogP contribution is -2.38. The van der Waals surface area contributed by atoms with Crippen molar-refractivity contribution in [2.75, 3.05) is 5.32 Å². The second-order valence-corrected chi connectivity index (χ2v) is 6.44. The third-order valence-corrected chi connectivity index (χ3v) is 3.50. The third-order valence-electron chi connectivity index (χ3n) is 3.50. The van der Waals surface area contributed by atoms with Crippen LogP contribution in [0.2, 0.25) is 0 Å². The molecular formula is C15H20F3NO2. The van der Waals surface area contributed by atoms with Crippen molar-refractivity contribution in [3.8, 4) is 5.75 Å². The summed E-state index contributed by atoms with van der Waals surface area (Å²) in [5.74, 6) is -0.227. The van der Waals surface area contributed by atoms with E-state index in [2.05, 4.69) is 10.1 Å². The van der Waals surface area contributed by atoms with Crippen LogP contribution in [0.1, 0.15) is 34.1 Å². The molecule has 1 unspecified atom stereocenters. The number of nitrogens with one attached hydrogen (secondary N) is 1. The molecule has 1 N–H and O–H groups in total. The summed E-state index contributed by atoms with van der Waals surface area (Å²) in [5, 5.41) is 3.31. The largest absolute Gasteiger partial charge is 0.573 e. The van der Waals surface area contributed by atoms with Gasteiger partial charge in [0.05, 0.1) is 17.2 Å². The van der Waals surface area contributed by atoms with E-state index in [1.54, 1.807) is 12.1 Å². The van der Waals surface area contributed by atoms with E-state index >= 15 is 0 Å². The molecule has 3 nitrogen and oxygen atoms in total. The monoisotopic (exact) mass is 303 g/mol. The molecule has 0 aromatic heterocycles. The summed E-state index contributed by atoms with van der Waals surface area (Å²) in [5.41, 5.74) is 0.175. The van der Waals surface area contributed by atoms with Crippen molar-refractivity contribution in [3.63, 3.8) is 0 Å². The Morgan fingerprint density at radius 2 is 1.71 bits per heavy atom. The van der Waals surface area contributed by atoms with Gasteiger partial charge in [-0.15, -0.1) is 13.2 Å². The summed E-state index contributed by atoms with van der Waals surface area (Å²) in [6.07, 6.45) is -3.85. The fourth-order valence-corrected chi connectivity index (χ4v) is 2.74. The third kappa shape index (κ3) is 4.27. The number of ether oxygens (including phenoxy) is 2. The fourth-order valence-electron chi connectivity index (χ4n) is 2.74. The molecule has 1 aromatic carbocycles. The van der Waals surface area contributed by atoms with Crippen LogP contribution in [0.25, 0.3) is 0 Å². The molecule has 1 aromatic rings. The van der Waals surface area contributed by atoms with Gasteiger partial charge < -0.3 is 14.8 Å². The average Bonchev–Trinajstić information content (AvgIpc) is 2.47. The van der Waals surface area contributed by atoms with Crippen LogP contribution in [-0.2, 0) is 4.74 Å². The van der Waals surface area contributed by atoms with Gasteiger partial charge in [-0.05, 0) is 58.4 Å². The van der Waals surface area contributed by atoms with Crippen molar-refractivity contribution >= 4 is 5.69 Å². The molecular weight excluding hydrogens is 283 g/mol. The molecule has 1 saturated heterocycles. The molecule has 1 aliphatic rings. The Hall–Kier alpha value is -1.43. The Balaban J connectivity index is 2.04. The van der Waals surface area contributed by atoms with Crippen LogP contribution >= 0.6 is 0 Å². The highest BCUT2D eigenvalue weighted by molar-refractivity contribution is 5.48. The smallest absolute Gasteiger partial charge is 0.406 e. The van der Waals surface area contributed by atoms with Crippen LogP contribution in [-0.4, -0.2) is 23.6 Å². The molecule has 0 saturated carbocycles. The van der Waals surface area contributed by atoms with Gasteiger partial charge >= 0.3 is 6.36 Å². The normalized spacial score (nSPS) is 23.9. The van der Waals surface area contributed by atoms with Gasteiger partial charge in [-0.25, -0.2) is 0 Å². The van der Waals surface area contributed by atoms with Gasteiger partial charge in [0.25, 0.3) is 0 Å². The minimum absolute atomic E-state index is 0.0851. The molecule has 1 fully saturated rings. The number of halogens is 3. The van der Waals surface area contributed by atoms with Gasteiger partial charge in [0.2, 0.25) is 0 Å². The van der Waals surface area contributed by atoms with Gasteiger partial charge in [0, 0.05) is 5.69 Å². The molecule has 0 spiro atoms. The predicted octanol–water partition coefficient (Wildman–Crippen LogP) is 4.34. The molecule has 2 rings (SSSR count). The van der Waals surface area contributed by atoms with Crippen molar-refractivity contribution in [2.45, 2.75) is 57.7 Å². The van der Waals surface area contributed by atoms with Crippen LogP contribution in [0.5, 0.6) is 5.75 Å². The van der Waals surface area contributed by atoms with E-state index in [4.69, 9.17) is 4.74 Å². The lowest BCUT2D eigenvalue weighted by atomic mass is 9.94. The van der Waals surface area contributed by atoms with Gasteiger partial charge in [-0.3, -0.25) is 0 Å². The van der Waals surface area contributed by atoms with Crippen molar-refractivity contribution in [1.29, 1.82) is 0 Å². The molecule has 1 heterocycles. The lowest BCUT2D eigenvalue weighted by molar-refractivity contribution is -0.274. The van der Waals surface area contributed by atoms with Crippen LogP contribution in [0.4, 0.5) is 18.9 Å². The number of anilines is 1. The van der Waals surface area contributed by atoms with Crippen molar-refractivity contribution < 1.29 is 22.6 Å². The first kappa shape index (κ1) is 15.9. The quantitative estimate of drug-likeness (QED) is 0.901. The Labute approximate surface area is 122 Å². The molecule has 6 heteroatoms. The molecule has 0 radical (unpaired) electrons. The standard InChI is InChI=1S/C15H20F3NO2/c1-13(2)9-12(14(3,4)21-13)19-10-5-7-11(8-6-10)20-15(16,17)18/h5-8,12,19H,9H2,1-4H3. The topological polar surface area (TPSA) is 30.5 Å². The molecule has 1 aliphatic heterocycles. The zero-order valence-electron chi connectivity index (χ0n) is 12.5. The van der Waals surface area contributed by atoms with Gasteiger partial charge in [-0.2, -0.15) is 0 Å². The van der Waals surface area contributed by atoms with E-state index in [9.17, 15) is 13.2 Å². The van der Waals surface area contributed by atoms with Gasteiger partial charge in [0.1, 0.15) is 5.75 Å². The summed E-state index contributed by atoms with van der Waals surface area (Å²) < 4.78 is 46.1. The molecule has 0 aliphatic carbocycles. The van der Waals surface area contributed by atoms with Crippen molar-refractivity contribution in [2.24, 2.45) is 0 Å². The summed E-state index contributed by atoms with van der Waals surface area (Å²) in [4.78, 5) is 0. The fraction of sp³-hybridized carbons (Fsp3) is 0.600. The average molecular weight is 303 g/mol. The maximum Gasteiger partial charge on any atom is 0.573 e. The van der Waals surface area contributed by atoms with E-state index in [0.29, 0.717) is 0 Å². The van der Waals surface area contributed by atoms with Crippen molar-refractivity contribution in [3.05, 3.63) is 24.3 Å². The highest BCUT2D eigenvalue weighted by Gasteiger charge is 2.45. The van der Waals surface area contributed by atoms with E-state index in [1.807, 2.05) is 27.7 Å². The Morgan fingerprint density at radius 1 is 1.14 bits per heavy atom. The van der Waals surface area contributed by atoms with E-state index in [0.717, 1.165) is 12.1 Å². The first-order valence-electron chi connectivity index (χ1n) is 6.79. The number of benzene rings is 1. The van der Waals surface area contributed by atoms with Gasteiger partial charge in [-0.1, -0.05) is 0 Å². The molecule has 0 bridgehead atoms. The maximum atomic E-state index is 12.1. The van der Waals surface area contributed by atoms with Crippen LogP contribution in [0.3, 0.4) is 0 Å². The first-order chi connectivity index (χ1) is 9.47. The van der Waals surface area contributed by atoms with E-state index in [1.165, 1.54) is 12.1 Å². The summed E-state index contributed by atoms with van der Waals surface area (Å²) in [6, 6.07) is 5.82. The molecule has 118 valence electrons. The summed E-state index contributed by atoms with van der Waals surface area (Å²) in [6.45, 7) is 8.05. The van der Waals surface area contributed by atoms with Crippen molar-refractivity contribution in [1.82, 2.24) is 0 Å². The number of hydrogen-bond donors (Lipinski definition) is 1. The minimum Gasteiger partial charge on any atom is -0.406 e. The maximum absolute atomic E-state index is 12.1. The molecule has 1 atom stereocenters. The lowest BCUT2D eigenvalue weighted by Gasteiger charge is -2.28. The number of alkyl halides is 3. The van der Waals surface area contributed by atoms with E-state index in [-0.39, 0.29) is 23.0 Å². The Kier molecular flexibility index (Phi) is 3.86. The van der Waals surface area contributed by atoms with E-state index < -0.39 is 6.36 Å². The SMILES string of the molecule is CC1(C)CC(Nc2ccc(OC(F)(F)F)cc2)C(C)(C)O1. The van der Waals surface area contributed by atoms with Gasteiger partial charge in [0.15, 0.2) is 0 Å². The second-order valence-electron chi connectivity index (χ2n) is 6.44. The molecule has 21 heavy (non-hydrogen) atoms. The van der Waals surface area contributed by atoms with Crippen LogP contribution in [0, 0.1) is 0 Å². The summed E-state index contributed by atoms with van der Waals surface area (Å²) in [7, 11) is 0. The summed E-state index contributed by atoms with van der Waals surface area (Å²) >= 11 is 0. The van der Waals surface area contributed by atoms with Crippen LogP contribution < -0.4 is 10.1 Å². The zero-order chi connectivity index (χ0) is 15.9. The predicted molar refractivity (Wildman–Crippen MR) is 74.4 cm³/mol.